The van der Waals surface area contributed by atoms with E-state index < -0.39 is 5.82 Å². The molecule has 0 bridgehead atoms. The number of carbonyl (C=O) groups excluding carboxylic acids is 2. The van der Waals surface area contributed by atoms with Crippen LogP contribution in [-0.2, 0) is 9.59 Å². The van der Waals surface area contributed by atoms with Gasteiger partial charge in [0.05, 0.1) is 21.6 Å². The molecule has 0 fully saturated rings. The summed E-state index contributed by atoms with van der Waals surface area (Å²) in [6.07, 6.45) is 3.01. The molecule has 0 saturated heterocycles. The molecule has 0 aliphatic heterocycles. The molecule has 0 spiro atoms. The van der Waals surface area contributed by atoms with Crippen LogP contribution in [0.15, 0.2) is 60.0 Å². The molecule has 2 aromatic carbocycles. The summed E-state index contributed by atoms with van der Waals surface area (Å²) in [5.41, 5.74) is 1.49. The summed E-state index contributed by atoms with van der Waals surface area (Å²) in [7, 11) is 0. The molecule has 4 rings (SSSR count). The Morgan fingerprint density at radius 3 is 2.53 bits per heavy atom. The number of para-hydroxylation sites is 2. The zero-order valence-corrected chi connectivity index (χ0v) is 19.0. The van der Waals surface area contributed by atoms with Crippen molar-refractivity contribution in [3.63, 3.8) is 0 Å². The third kappa shape index (κ3) is 4.44. The Morgan fingerprint density at radius 1 is 1.06 bits per heavy atom. The van der Waals surface area contributed by atoms with Crippen LogP contribution in [0.5, 0.6) is 0 Å². The summed E-state index contributed by atoms with van der Waals surface area (Å²) >= 11 is 2.65. The lowest BCUT2D eigenvalue weighted by atomic mass is 10.3. The molecule has 0 radical (unpaired) electrons. The summed E-state index contributed by atoms with van der Waals surface area (Å²) in [4.78, 5) is 36.7. The number of nitrogens with zero attached hydrogens (tertiary/aromatic N) is 4. The lowest BCUT2D eigenvalue weighted by molar-refractivity contribution is -0.116. The molecule has 2 amide bonds. The van der Waals surface area contributed by atoms with Crippen LogP contribution < -0.4 is 9.80 Å². The highest BCUT2D eigenvalue weighted by atomic mass is 32.1. The molecule has 4 aromatic rings. The lowest BCUT2D eigenvalue weighted by Gasteiger charge is -2.18. The van der Waals surface area contributed by atoms with Crippen LogP contribution in [0.2, 0.25) is 0 Å². The first-order valence-electron chi connectivity index (χ1n) is 9.84. The normalized spacial score (nSPS) is 11.2. The van der Waals surface area contributed by atoms with Gasteiger partial charge in [-0.25, -0.2) is 14.4 Å². The predicted octanol–water partition coefficient (Wildman–Crippen LogP) is 5.64. The van der Waals surface area contributed by atoms with Crippen molar-refractivity contribution >= 4 is 66.7 Å². The molecule has 0 aliphatic carbocycles. The van der Waals surface area contributed by atoms with Crippen molar-refractivity contribution in [2.45, 2.75) is 13.8 Å². The largest absolute Gasteiger partial charge is 0.285 e. The van der Waals surface area contributed by atoms with Crippen molar-refractivity contribution in [2.75, 3.05) is 16.3 Å². The maximum atomic E-state index is 14.2. The second kappa shape index (κ2) is 9.37. The topological polar surface area (TPSA) is 66.4 Å². The number of likely N-dealkylation sites (N-methyl/N-ethyl adjacent to an activating group) is 1. The van der Waals surface area contributed by atoms with E-state index in [9.17, 15) is 14.0 Å². The third-order valence-electron chi connectivity index (χ3n) is 4.60. The van der Waals surface area contributed by atoms with E-state index >= 15 is 0 Å². The monoisotopic (exact) mass is 466 g/mol. The average Bonchev–Trinajstić information content (AvgIpc) is 3.41. The molecule has 0 atom stereocenters. The van der Waals surface area contributed by atoms with Crippen LogP contribution in [-0.4, -0.2) is 28.3 Å². The second-order valence-electron chi connectivity index (χ2n) is 6.74. The van der Waals surface area contributed by atoms with Gasteiger partial charge in [0.1, 0.15) is 5.82 Å². The smallest absolute Gasteiger partial charge is 0.252 e. The quantitative estimate of drug-likeness (QED) is 0.345. The Kier molecular flexibility index (Phi) is 6.38. The van der Waals surface area contributed by atoms with E-state index in [-0.39, 0.29) is 17.5 Å². The number of hydrogen-bond donors (Lipinski definition) is 0. The summed E-state index contributed by atoms with van der Waals surface area (Å²) in [6.45, 7) is 3.71. The van der Waals surface area contributed by atoms with Gasteiger partial charge in [-0.1, -0.05) is 35.6 Å². The van der Waals surface area contributed by atoms with E-state index in [4.69, 9.17) is 0 Å². The van der Waals surface area contributed by atoms with E-state index in [1.54, 1.807) is 28.5 Å². The molecule has 6 nitrogen and oxygen atoms in total. The van der Waals surface area contributed by atoms with Gasteiger partial charge in [0.15, 0.2) is 10.3 Å². The van der Waals surface area contributed by atoms with Gasteiger partial charge in [0.2, 0.25) is 5.91 Å². The SMILES string of the molecule is CCN(C(=O)/C=C/c1csc(N(C(C)=O)c2ccccc2F)n1)c1nc2ccccc2s1. The number of aromatic nitrogens is 2. The number of rotatable bonds is 6. The fraction of sp³-hybridized carbons (Fsp3) is 0.130. The number of carbonyl (C=O) groups is 2. The number of fused-ring (bicyclic) bond motifs is 1. The third-order valence-corrected chi connectivity index (χ3v) is 6.51. The van der Waals surface area contributed by atoms with Gasteiger partial charge in [-0.3, -0.25) is 19.4 Å². The average molecular weight is 467 g/mol. The molecule has 0 N–H and O–H groups in total. The molecule has 0 aliphatic rings. The number of hydrogen-bond acceptors (Lipinski definition) is 6. The van der Waals surface area contributed by atoms with Gasteiger partial charge in [0.25, 0.3) is 5.91 Å². The van der Waals surface area contributed by atoms with Gasteiger partial charge in [-0.05, 0) is 37.3 Å². The van der Waals surface area contributed by atoms with Crippen molar-refractivity contribution in [3.8, 4) is 0 Å². The highest BCUT2D eigenvalue weighted by molar-refractivity contribution is 7.22. The standard InChI is InChI=1S/C23H19FN4O2S2/c1-3-27(22-26-18-9-5-7-11-20(18)32-22)21(30)13-12-16-14-31-23(25-16)28(15(2)29)19-10-6-4-8-17(19)24/h4-14H,3H2,1-2H3/b13-12+. The zero-order chi connectivity index (χ0) is 22.7. The second-order valence-corrected chi connectivity index (χ2v) is 8.59. The van der Waals surface area contributed by atoms with Crippen molar-refractivity contribution in [2.24, 2.45) is 0 Å². The summed E-state index contributed by atoms with van der Waals surface area (Å²) in [6, 6.07) is 13.8. The first kappa shape index (κ1) is 21.8. The fourth-order valence-corrected chi connectivity index (χ4v) is 4.99. The molecule has 162 valence electrons. The molecular weight excluding hydrogens is 447 g/mol. The number of amides is 2. The summed E-state index contributed by atoms with van der Waals surface area (Å²) < 4.78 is 15.2. The molecular formula is C23H19FN4O2S2. The Bertz CT molecular complexity index is 1280. The van der Waals surface area contributed by atoms with Crippen molar-refractivity contribution in [1.29, 1.82) is 0 Å². The summed E-state index contributed by atoms with van der Waals surface area (Å²) in [5, 5.41) is 2.67. The first-order valence-corrected chi connectivity index (χ1v) is 11.5. The van der Waals surface area contributed by atoms with Crippen LogP contribution in [0, 0.1) is 5.82 Å². The number of benzene rings is 2. The van der Waals surface area contributed by atoms with Crippen LogP contribution in [0.4, 0.5) is 20.3 Å². The molecule has 0 unspecified atom stereocenters. The van der Waals surface area contributed by atoms with Gasteiger partial charge in [-0.15, -0.1) is 11.3 Å². The van der Waals surface area contributed by atoms with Crippen LogP contribution in [0.3, 0.4) is 0 Å². The molecule has 0 saturated carbocycles. The van der Waals surface area contributed by atoms with Gasteiger partial charge in [0, 0.05) is 24.9 Å². The van der Waals surface area contributed by atoms with Crippen LogP contribution in [0.25, 0.3) is 16.3 Å². The van der Waals surface area contributed by atoms with E-state index in [1.807, 2.05) is 31.2 Å². The fourth-order valence-electron chi connectivity index (χ4n) is 3.10. The predicted molar refractivity (Wildman–Crippen MR) is 128 cm³/mol. The first-order chi connectivity index (χ1) is 15.5. The van der Waals surface area contributed by atoms with E-state index in [0.29, 0.717) is 22.5 Å². The maximum Gasteiger partial charge on any atom is 0.252 e. The summed E-state index contributed by atoms with van der Waals surface area (Å²) in [5.74, 6) is -1.10. The van der Waals surface area contributed by atoms with Crippen LogP contribution in [0.1, 0.15) is 19.5 Å². The number of halogens is 1. The Labute approximate surface area is 192 Å². The minimum Gasteiger partial charge on any atom is -0.285 e. The Balaban J connectivity index is 1.55. The minimum absolute atomic E-state index is 0.133. The van der Waals surface area contributed by atoms with E-state index in [2.05, 4.69) is 9.97 Å². The lowest BCUT2D eigenvalue weighted by Crippen LogP contribution is -2.28. The Morgan fingerprint density at radius 2 is 1.81 bits per heavy atom. The van der Waals surface area contributed by atoms with Gasteiger partial charge >= 0.3 is 0 Å². The van der Waals surface area contributed by atoms with Crippen molar-refractivity contribution < 1.29 is 14.0 Å². The highest BCUT2D eigenvalue weighted by Crippen LogP contribution is 2.31. The highest BCUT2D eigenvalue weighted by Gasteiger charge is 2.21. The Hall–Kier alpha value is -3.43. The minimum atomic E-state index is -0.514. The van der Waals surface area contributed by atoms with Crippen molar-refractivity contribution in [3.05, 3.63) is 71.5 Å². The molecule has 9 heteroatoms. The van der Waals surface area contributed by atoms with Gasteiger partial charge in [-0.2, -0.15) is 0 Å². The molecule has 2 aromatic heterocycles. The maximum absolute atomic E-state index is 14.2. The number of anilines is 3. The van der Waals surface area contributed by atoms with Crippen LogP contribution >= 0.6 is 22.7 Å². The molecule has 2 heterocycles. The number of thiazole rings is 2. The van der Waals surface area contributed by atoms with E-state index in [0.717, 1.165) is 10.2 Å². The zero-order valence-electron chi connectivity index (χ0n) is 17.4. The van der Waals surface area contributed by atoms with Gasteiger partial charge < -0.3 is 0 Å². The van der Waals surface area contributed by atoms with Crippen molar-refractivity contribution in [1.82, 2.24) is 9.97 Å². The molecule has 32 heavy (non-hydrogen) atoms. The van der Waals surface area contributed by atoms with E-state index in [1.165, 1.54) is 52.7 Å².